The van der Waals surface area contributed by atoms with Gasteiger partial charge in [-0.2, -0.15) is 0 Å². The fourth-order valence-corrected chi connectivity index (χ4v) is 2.98. The van der Waals surface area contributed by atoms with Gasteiger partial charge < -0.3 is 10.5 Å². The molecule has 0 saturated carbocycles. The molecule has 0 aromatic heterocycles. The molecular weight excluding hydrogens is 370 g/mol. The standard InChI is InChI=1S/C15H15Br2NO/c16-13-4-1-5-14(17)15(13)19-10-2-3-11-6-8-12(18)9-7-11/h1,4-9H,2-3,10,18H2. The molecule has 0 aliphatic rings. The van der Waals surface area contributed by atoms with Crippen molar-refractivity contribution in [1.82, 2.24) is 0 Å². The van der Waals surface area contributed by atoms with Gasteiger partial charge in [0, 0.05) is 5.69 Å². The molecule has 100 valence electrons. The molecule has 2 nitrogen and oxygen atoms in total. The zero-order valence-electron chi connectivity index (χ0n) is 10.4. The molecule has 0 spiro atoms. The van der Waals surface area contributed by atoms with Gasteiger partial charge in [0.25, 0.3) is 0 Å². The zero-order chi connectivity index (χ0) is 13.7. The second kappa shape index (κ2) is 6.96. The Morgan fingerprint density at radius 3 is 2.21 bits per heavy atom. The van der Waals surface area contributed by atoms with Crippen LogP contribution in [0.2, 0.25) is 0 Å². The molecule has 0 aliphatic heterocycles. The summed E-state index contributed by atoms with van der Waals surface area (Å²) in [6, 6.07) is 13.9. The predicted octanol–water partition coefficient (Wildman–Crippen LogP) is 4.81. The van der Waals surface area contributed by atoms with E-state index in [9.17, 15) is 0 Å². The quantitative estimate of drug-likeness (QED) is 0.593. The van der Waals surface area contributed by atoms with Crippen molar-refractivity contribution >= 4 is 37.5 Å². The molecule has 0 fully saturated rings. The molecule has 0 bridgehead atoms. The number of rotatable bonds is 5. The lowest BCUT2D eigenvalue weighted by molar-refractivity contribution is 0.307. The predicted molar refractivity (Wildman–Crippen MR) is 86.5 cm³/mol. The molecule has 0 atom stereocenters. The molecule has 0 radical (unpaired) electrons. The molecule has 19 heavy (non-hydrogen) atoms. The molecule has 0 saturated heterocycles. The first-order valence-electron chi connectivity index (χ1n) is 6.08. The lowest BCUT2D eigenvalue weighted by atomic mass is 10.1. The molecule has 0 unspecified atom stereocenters. The van der Waals surface area contributed by atoms with Crippen molar-refractivity contribution in [1.29, 1.82) is 0 Å². The van der Waals surface area contributed by atoms with Crippen LogP contribution in [0.5, 0.6) is 5.75 Å². The summed E-state index contributed by atoms with van der Waals surface area (Å²) in [7, 11) is 0. The Morgan fingerprint density at radius 2 is 1.58 bits per heavy atom. The summed E-state index contributed by atoms with van der Waals surface area (Å²) < 4.78 is 7.73. The number of nitrogens with two attached hydrogens (primary N) is 1. The van der Waals surface area contributed by atoms with E-state index < -0.39 is 0 Å². The van der Waals surface area contributed by atoms with E-state index in [1.54, 1.807) is 0 Å². The molecule has 2 rings (SSSR count). The van der Waals surface area contributed by atoms with Crippen LogP contribution in [-0.4, -0.2) is 6.61 Å². The summed E-state index contributed by atoms with van der Waals surface area (Å²) in [5.41, 5.74) is 7.74. The number of hydrogen-bond donors (Lipinski definition) is 1. The van der Waals surface area contributed by atoms with Crippen molar-refractivity contribution in [3.05, 3.63) is 57.0 Å². The molecule has 4 heteroatoms. The largest absolute Gasteiger partial charge is 0.491 e. The van der Waals surface area contributed by atoms with E-state index in [0.717, 1.165) is 33.2 Å². The van der Waals surface area contributed by atoms with Crippen molar-refractivity contribution < 1.29 is 4.74 Å². The van der Waals surface area contributed by atoms with Crippen molar-refractivity contribution in [2.24, 2.45) is 0 Å². The summed E-state index contributed by atoms with van der Waals surface area (Å²) in [5.74, 6) is 0.861. The fourth-order valence-electron chi connectivity index (χ4n) is 1.76. The van der Waals surface area contributed by atoms with Crippen LogP contribution in [-0.2, 0) is 6.42 Å². The smallest absolute Gasteiger partial charge is 0.147 e. The summed E-state index contributed by atoms with van der Waals surface area (Å²) in [6.07, 6.45) is 1.96. The summed E-state index contributed by atoms with van der Waals surface area (Å²) in [5, 5.41) is 0. The number of anilines is 1. The SMILES string of the molecule is Nc1ccc(CCCOc2c(Br)cccc2Br)cc1. The first-order chi connectivity index (χ1) is 9.16. The van der Waals surface area contributed by atoms with E-state index in [4.69, 9.17) is 10.5 Å². The third-order valence-electron chi connectivity index (χ3n) is 2.75. The van der Waals surface area contributed by atoms with Crippen LogP contribution < -0.4 is 10.5 Å². The van der Waals surface area contributed by atoms with Crippen molar-refractivity contribution in [2.75, 3.05) is 12.3 Å². The van der Waals surface area contributed by atoms with Crippen LogP contribution in [0.25, 0.3) is 0 Å². The minimum atomic E-state index is 0.686. The Labute approximate surface area is 130 Å². The Morgan fingerprint density at radius 1 is 0.947 bits per heavy atom. The van der Waals surface area contributed by atoms with Crippen LogP contribution >= 0.6 is 31.9 Å². The van der Waals surface area contributed by atoms with Crippen LogP contribution in [0.3, 0.4) is 0 Å². The highest BCUT2D eigenvalue weighted by Gasteiger charge is 2.05. The Balaban J connectivity index is 1.82. The number of para-hydroxylation sites is 1. The maximum atomic E-state index is 5.79. The van der Waals surface area contributed by atoms with Gasteiger partial charge in [-0.05, 0) is 74.5 Å². The zero-order valence-corrected chi connectivity index (χ0v) is 13.6. The number of halogens is 2. The van der Waals surface area contributed by atoms with Gasteiger partial charge in [0.05, 0.1) is 15.6 Å². The van der Waals surface area contributed by atoms with Gasteiger partial charge >= 0.3 is 0 Å². The summed E-state index contributed by atoms with van der Waals surface area (Å²) in [4.78, 5) is 0. The van der Waals surface area contributed by atoms with Crippen molar-refractivity contribution in [2.45, 2.75) is 12.8 Å². The third kappa shape index (κ3) is 4.25. The lowest BCUT2D eigenvalue weighted by Gasteiger charge is -2.10. The first kappa shape index (κ1) is 14.4. The molecule has 0 amide bonds. The third-order valence-corrected chi connectivity index (χ3v) is 4.00. The van der Waals surface area contributed by atoms with Gasteiger partial charge in [-0.15, -0.1) is 0 Å². The molecule has 2 N–H and O–H groups in total. The minimum Gasteiger partial charge on any atom is -0.491 e. The van der Waals surface area contributed by atoms with Crippen molar-refractivity contribution in [3.8, 4) is 5.75 Å². The Hall–Kier alpha value is -1.00. The van der Waals surface area contributed by atoms with E-state index in [0.29, 0.717) is 6.61 Å². The van der Waals surface area contributed by atoms with E-state index in [1.807, 2.05) is 30.3 Å². The average molecular weight is 385 g/mol. The number of benzene rings is 2. The van der Waals surface area contributed by atoms with E-state index in [2.05, 4.69) is 44.0 Å². The first-order valence-corrected chi connectivity index (χ1v) is 7.66. The molecule has 2 aromatic rings. The average Bonchev–Trinajstić information content (AvgIpc) is 2.39. The van der Waals surface area contributed by atoms with Crippen LogP contribution in [0.15, 0.2) is 51.4 Å². The van der Waals surface area contributed by atoms with E-state index in [1.165, 1.54) is 5.56 Å². The summed E-state index contributed by atoms with van der Waals surface area (Å²) in [6.45, 7) is 0.686. The van der Waals surface area contributed by atoms with Crippen LogP contribution in [0.4, 0.5) is 5.69 Å². The minimum absolute atomic E-state index is 0.686. The molecule has 2 aromatic carbocycles. The lowest BCUT2D eigenvalue weighted by Crippen LogP contribution is -2.00. The number of hydrogen-bond acceptors (Lipinski definition) is 2. The van der Waals surface area contributed by atoms with Gasteiger partial charge in [0.2, 0.25) is 0 Å². The number of nitrogen functional groups attached to an aromatic ring is 1. The van der Waals surface area contributed by atoms with Crippen LogP contribution in [0.1, 0.15) is 12.0 Å². The molecule has 0 heterocycles. The van der Waals surface area contributed by atoms with E-state index in [-0.39, 0.29) is 0 Å². The number of ether oxygens (including phenoxy) is 1. The topological polar surface area (TPSA) is 35.2 Å². The Bertz CT molecular complexity index is 520. The second-order valence-electron chi connectivity index (χ2n) is 4.24. The summed E-state index contributed by atoms with van der Waals surface area (Å²) >= 11 is 6.97. The molecule has 0 aliphatic carbocycles. The maximum absolute atomic E-state index is 5.79. The van der Waals surface area contributed by atoms with Gasteiger partial charge in [-0.25, -0.2) is 0 Å². The highest BCUT2D eigenvalue weighted by Crippen LogP contribution is 2.33. The second-order valence-corrected chi connectivity index (χ2v) is 5.95. The number of aryl methyl sites for hydroxylation is 1. The highest BCUT2D eigenvalue weighted by atomic mass is 79.9. The highest BCUT2D eigenvalue weighted by molar-refractivity contribution is 9.11. The van der Waals surface area contributed by atoms with Crippen molar-refractivity contribution in [3.63, 3.8) is 0 Å². The van der Waals surface area contributed by atoms with Gasteiger partial charge in [-0.1, -0.05) is 18.2 Å². The molecular formula is C15H15Br2NO. The van der Waals surface area contributed by atoms with Gasteiger partial charge in [-0.3, -0.25) is 0 Å². The van der Waals surface area contributed by atoms with Gasteiger partial charge in [0.1, 0.15) is 5.75 Å². The fraction of sp³-hybridized carbons (Fsp3) is 0.200. The normalized spacial score (nSPS) is 10.4. The monoisotopic (exact) mass is 383 g/mol. The maximum Gasteiger partial charge on any atom is 0.147 e. The van der Waals surface area contributed by atoms with Crippen LogP contribution in [0, 0.1) is 0 Å². The Kier molecular flexibility index (Phi) is 5.28. The van der Waals surface area contributed by atoms with Gasteiger partial charge in [0.15, 0.2) is 0 Å². The van der Waals surface area contributed by atoms with E-state index >= 15 is 0 Å².